The zero-order valence-electron chi connectivity index (χ0n) is 12.4. The summed E-state index contributed by atoms with van der Waals surface area (Å²) in [4.78, 5) is 3.29. The van der Waals surface area contributed by atoms with E-state index in [0.29, 0.717) is 0 Å². The van der Waals surface area contributed by atoms with E-state index in [-0.39, 0.29) is 12.6 Å². The SMILES string of the molecule is CCCCCCN[C@H](CO)Cc1c[nH]c2ccccc12. The van der Waals surface area contributed by atoms with Crippen LogP contribution in [-0.4, -0.2) is 29.3 Å². The standard InChI is InChI=1S/C17H26N2O/c1-2-3-4-7-10-18-15(13-20)11-14-12-19-17-9-6-5-8-16(14)17/h5-6,8-9,12,15,18-20H,2-4,7,10-11,13H2,1H3/t15-/m0/s1. The highest BCUT2D eigenvalue weighted by Gasteiger charge is 2.10. The summed E-state index contributed by atoms with van der Waals surface area (Å²) in [6, 6.07) is 8.47. The predicted molar refractivity (Wildman–Crippen MR) is 85.0 cm³/mol. The molecule has 1 atom stereocenters. The quantitative estimate of drug-likeness (QED) is 0.615. The molecule has 3 nitrogen and oxygen atoms in total. The molecule has 0 spiro atoms. The molecular formula is C17H26N2O. The molecular weight excluding hydrogens is 248 g/mol. The number of H-pyrrole nitrogens is 1. The number of unbranched alkanes of at least 4 members (excludes halogenated alkanes) is 3. The fourth-order valence-corrected chi connectivity index (χ4v) is 2.63. The van der Waals surface area contributed by atoms with Gasteiger partial charge in [-0.15, -0.1) is 0 Å². The molecule has 0 amide bonds. The zero-order chi connectivity index (χ0) is 14.2. The summed E-state index contributed by atoms with van der Waals surface area (Å²) < 4.78 is 0. The molecule has 0 fully saturated rings. The molecule has 0 bridgehead atoms. The van der Waals surface area contributed by atoms with Crippen LogP contribution in [0, 0.1) is 0 Å². The van der Waals surface area contributed by atoms with Gasteiger partial charge in [0, 0.05) is 23.1 Å². The van der Waals surface area contributed by atoms with Gasteiger partial charge < -0.3 is 15.4 Å². The number of para-hydroxylation sites is 1. The molecule has 1 heterocycles. The third-order valence-corrected chi connectivity index (χ3v) is 3.82. The van der Waals surface area contributed by atoms with Crippen molar-refractivity contribution >= 4 is 10.9 Å². The number of hydrogen-bond donors (Lipinski definition) is 3. The lowest BCUT2D eigenvalue weighted by atomic mass is 10.1. The molecule has 2 aromatic rings. The smallest absolute Gasteiger partial charge is 0.0587 e. The van der Waals surface area contributed by atoms with E-state index in [9.17, 15) is 5.11 Å². The first kappa shape index (κ1) is 15.1. The Morgan fingerprint density at radius 3 is 2.85 bits per heavy atom. The van der Waals surface area contributed by atoms with Crippen molar-refractivity contribution in [2.24, 2.45) is 0 Å². The van der Waals surface area contributed by atoms with Gasteiger partial charge >= 0.3 is 0 Å². The predicted octanol–water partition coefficient (Wildman–Crippen LogP) is 3.24. The average molecular weight is 274 g/mol. The second-order valence-corrected chi connectivity index (χ2v) is 5.46. The second kappa shape index (κ2) is 8.08. The van der Waals surface area contributed by atoms with Gasteiger partial charge in [0.15, 0.2) is 0 Å². The fraction of sp³-hybridized carbons (Fsp3) is 0.529. The number of aromatic amines is 1. The lowest BCUT2D eigenvalue weighted by molar-refractivity contribution is 0.241. The van der Waals surface area contributed by atoms with Crippen LogP contribution < -0.4 is 5.32 Å². The average Bonchev–Trinajstić information content (AvgIpc) is 2.89. The third-order valence-electron chi connectivity index (χ3n) is 3.82. The lowest BCUT2D eigenvalue weighted by Crippen LogP contribution is -2.35. The molecule has 0 aliphatic heterocycles. The van der Waals surface area contributed by atoms with E-state index in [0.717, 1.165) is 13.0 Å². The van der Waals surface area contributed by atoms with Crippen molar-refractivity contribution in [1.29, 1.82) is 0 Å². The minimum absolute atomic E-state index is 0.149. The summed E-state index contributed by atoms with van der Waals surface area (Å²) in [5.74, 6) is 0. The van der Waals surface area contributed by atoms with Gasteiger partial charge in [-0.3, -0.25) is 0 Å². The number of aliphatic hydroxyl groups excluding tert-OH is 1. The Labute approximate surface area is 121 Å². The molecule has 0 aliphatic carbocycles. The first-order chi connectivity index (χ1) is 9.85. The molecule has 0 radical (unpaired) electrons. The zero-order valence-corrected chi connectivity index (χ0v) is 12.4. The summed E-state index contributed by atoms with van der Waals surface area (Å²) in [5.41, 5.74) is 2.45. The monoisotopic (exact) mass is 274 g/mol. The Hall–Kier alpha value is -1.32. The largest absolute Gasteiger partial charge is 0.395 e. The van der Waals surface area contributed by atoms with Gasteiger partial charge in [0.25, 0.3) is 0 Å². The first-order valence-electron chi connectivity index (χ1n) is 7.74. The molecule has 1 aromatic carbocycles. The summed E-state index contributed by atoms with van der Waals surface area (Å²) >= 11 is 0. The topological polar surface area (TPSA) is 48.0 Å². The van der Waals surface area contributed by atoms with Gasteiger partial charge in [-0.1, -0.05) is 44.4 Å². The first-order valence-corrected chi connectivity index (χ1v) is 7.74. The van der Waals surface area contributed by atoms with Gasteiger partial charge in [-0.25, -0.2) is 0 Å². The molecule has 1 aromatic heterocycles. The molecule has 3 N–H and O–H groups in total. The molecule has 0 aliphatic rings. The highest BCUT2D eigenvalue weighted by Crippen LogP contribution is 2.19. The van der Waals surface area contributed by atoms with Gasteiger partial charge in [0.1, 0.15) is 0 Å². The molecule has 20 heavy (non-hydrogen) atoms. The van der Waals surface area contributed by atoms with Crippen molar-refractivity contribution in [3.8, 4) is 0 Å². The molecule has 0 unspecified atom stereocenters. The van der Waals surface area contributed by atoms with E-state index in [1.54, 1.807) is 0 Å². The van der Waals surface area contributed by atoms with Crippen LogP contribution in [0.15, 0.2) is 30.5 Å². The van der Waals surface area contributed by atoms with E-state index in [1.807, 2.05) is 6.07 Å². The van der Waals surface area contributed by atoms with Gasteiger partial charge in [-0.05, 0) is 31.0 Å². The van der Waals surface area contributed by atoms with Gasteiger partial charge in [-0.2, -0.15) is 0 Å². The van der Waals surface area contributed by atoms with Crippen LogP contribution in [0.5, 0.6) is 0 Å². The van der Waals surface area contributed by atoms with Crippen molar-refractivity contribution in [1.82, 2.24) is 10.3 Å². The van der Waals surface area contributed by atoms with Crippen LogP contribution in [-0.2, 0) is 6.42 Å². The molecule has 0 saturated heterocycles. The van der Waals surface area contributed by atoms with E-state index in [4.69, 9.17) is 0 Å². The van der Waals surface area contributed by atoms with Crippen molar-refractivity contribution < 1.29 is 5.11 Å². The van der Waals surface area contributed by atoms with Crippen molar-refractivity contribution in [3.63, 3.8) is 0 Å². The highest BCUT2D eigenvalue weighted by molar-refractivity contribution is 5.83. The van der Waals surface area contributed by atoms with E-state index >= 15 is 0 Å². The summed E-state index contributed by atoms with van der Waals surface area (Å²) in [6.45, 7) is 3.40. The Morgan fingerprint density at radius 2 is 2.05 bits per heavy atom. The Balaban J connectivity index is 1.86. The van der Waals surface area contributed by atoms with Gasteiger partial charge in [0.05, 0.1) is 6.61 Å². The van der Waals surface area contributed by atoms with Gasteiger partial charge in [0.2, 0.25) is 0 Å². The van der Waals surface area contributed by atoms with Crippen LogP contribution in [0.25, 0.3) is 10.9 Å². The second-order valence-electron chi connectivity index (χ2n) is 5.46. The number of benzene rings is 1. The lowest BCUT2D eigenvalue weighted by Gasteiger charge is -2.15. The van der Waals surface area contributed by atoms with Crippen LogP contribution in [0.2, 0.25) is 0 Å². The van der Waals surface area contributed by atoms with Crippen LogP contribution in [0.1, 0.15) is 38.2 Å². The summed E-state index contributed by atoms with van der Waals surface area (Å²) in [7, 11) is 0. The summed E-state index contributed by atoms with van der Waals surface area (Å²) in [6.07, 6.45) is 7.96. The van der Waals surface area contributed by atoms with E-state index in [1.165, 1.54) is 42.1 Å². The maximum Gasteiger partial charge on any atom is 0.0587 e. The Kier molecular flexibility index (Phi) is 6.09. The number of fused-ring (bicyclic) bond motifs is 1. The summed E-state index contributed by atoms with van der Waals surface area (Å²) in [5, 5.41) is 14.3. The van der Waals surface area contributed by atoms with E-state index < -0.39 is 0 Å². The maximum atomic E-state index is 9.53. The number of aromatic nitrogens is 1. The van der Waals surface area contributed by atoms with Crippen LogP contribution in [0.4, 0.5) is 0 Å². The minimum atomic E-state index is 0.149. The van der Waals surface area contributed by atoms with Crippen molar-refractivity contribution in [2.75, 3.05) is 13.2 Å². The van der Waals surface area contributed by atoms with Crippen LogP contribution >= 0.6 is 0 Å². The number of aliphatic hydroxyl groups is 1. The molecule has 110 valence electrons. The third kappa shape index (κ3) is 4.09. The van der Waals surface area contributed by atoms with Crippen molar-refractivity contribution in [2.45, 2.75) is 45.1 Å². The molecule has 3 heteroatoms. The Bertz CT molecular complexity index is 506. The van der Waals surface area contributed by atoms with Crippen molar-refractivity contribution in [3.05, 3.63) is 36.0 Å². The highest BCUT2D eigenvalue weighted by atomic mass is 16.3. The fourth-order valence-electron chi connectivity index (χ4n) is 2.63. The molecule has 0 saturated carbocycles. The normalized spacial score (nSPS) is 12.9. The number of rotatable bonds is 9. The minimum Gasteiger partial charge on any atom is -0.395 e. The Morgan fingerprint density at radius 1 is 1.20 bits per heavy atom. The maximum absolute atomic E-state index is 9.53. The molecule has 2 rings (SSSR count). The number of nitrogens with one attached hydrogen (secondary N) is 2. The number of hydrogen-bond acceptors (Lipinski definition) is 2. The van der Waals surface area contributed by atoms with E-state index in [2.05, 4.69) is 41.6 Å². The van der Waals surface area contributed by atoms with Crippen LogP contribution in [0.3, 0.4) is 0 Å².